The van der Waals surface area contributed by atoms with Gasteiger partial charge in [0.1, 0.15) is 11.6 Å². The first-order valence-corrected chi connectivity index (χ1v) is 9.97. The first-order chi connectivity index (χ1) is 13.6. The summed E-state index contributed by atoms with van der Waals surface area (Å²) in [6, 6.07) is 8.10. The summed E-state index contributed by atoms with van der Waals surface area (Å²) in [5, 5.41) is 7.57. The van der Waals surface area contributed by atoms with Crippen LogP contribution in [0.4, 0.5) is 11.6 Å². The fourth-order valence-electron chi connectivity index (χ4n) is 3.17. The number of anilines is 2. The van der Waals surface area contributed by atoms with Gasteiger partial charge in [-0.25, -0.2) is 15.0 Å². The Hall–Kier alpha value is -1.81. The SMILES string of the molecule is CCNC(=NCc1ccnc(N(C)C)c1)NC1CCN(c2ncccc2Cl)C1.I. The molecule has 0 aliphatic carbocycles. The Morgan fingerprint density at radius 1 is 1.31 bits per heavy atom. The van der Waals surface area contributed by atoms with Crippen molar-refractivity contribution in [1.29, 1.82) is 0 Å². The molecule has 7 nitrogen and oxygen atoms in total. The van der Waals surface area contributed by atoms with Crippen LogP contribution in [-0.2, 0) is 6.54 Å². The van der Waals surface area contributed by atoms with Crippen LogP contribution < -0.4 is 20.4 Å². The molecule has 0 saturated carbocycles. The minimum Gasteiger partial charge on any atom is -0.363 e. The second kappa shape index (κ2) is 11.4. The van der Waals surface area contributed by atoms with Gasteiger partial charge in [-0.05, 0) is 43.2 Å². The third-order valence-corrected chi connectivity index (χ3v) is 4.89. The van der Waals surface area contributed by atoms with Gasteiger partial charge in [0.15, 0.2) is 5.96 Å². The average molecular weight is 530 g/mol. The lowest BCUT2D eigenvalue weighted by Crippen LogP contribution is -2.44. The number of guanidine groups is 1. The molecule has 3 rings (SSSR count). The molecule has 1 aliphatic heterocycles. The van der Waals surface area contributed by atoms with Gasteiger partial charge in [-0.1, -0.05) is 11.6 Å². The molecular formula is C20H29ClIN7. The summed E-state index contributed by atoms with van der Waals surface area (Å²) in [5.41, 5.74) is 1.13. The first-order valence-electron chi connectivity index (χ1n) is 9.59. The van der Waals surface area contributed by atoms with Crippen LogP contribution in [0.3, 0.4) is 0 Å². The molecule has 158 valence electrons. The third kappa shape index (κ3) is 6.60. The van der Waals surface area contributed by atoms with Gasteiger partial charge in [-0.15, -0.1) is 24.0 Å². The van der Waals surface area contributed by atoms with E-state index in [0.717, 1.165) is 49.2 Å². The van der Waals surface area contributed by atoms with E-state index in [1.807, 2.05) is 43.4 Å². The predicted molar refractivity (Wildman–Crippen MR) is 132 cm³/mol. The van der Waals surface area contributed by atoms with Gasteiger partial charge in [0.05, 0.1) is 11.6 Å². The zero-order chi connectivity index (χ0) is 19.9. The quantitative estimate of drug-likeness (QED) is 0.340. The smallest absolute Gasteiger partial charge is 0.191 e. The lowest BCUT2D eigenvalue weighted by molar-refractivity contribution is 0.648. The van der Waals surface area contributed by atoms with E-state index in [-0.39, 0.29) is 24.0 Å². The van der Waals surface area contributed by atoms with Crippen molar-refractivity contribution < 1.29 is 0 Å². The van der Waals surface area contributed by atoms with Crippen molar-refractivity contribution in [2.75, 3.05) is 43.5 Å². The number of nitrogens with one attached hydrogen (secondary N) is 2. The molecule has 1 aliphatic rings. The number of pyridine rings is 2. The highest BCUT2D eigenvalue weighted by Gasteiger charge is 2.25. The van der Waals surface area contributed by atoms with Crippen molar-refractivity contribution in [3.63, 3.8) is 0 Å². The standard InChI is InChI=1S/C20H28ClN7.HI/c1-4-22-20(25-13-15-7-10-23-18(12-15)27(2)3)26-16-8-11-28(14-16)19-17(21)6-5-9-24-19;/h5-7,9-10,12,16H,4,8,11,13-14H2,1-3H3,(H2,22,25,26);1H. The maximum Gasteiger partial charge on any atom is 0.191 e. The van der Waals surface area contributed by atoms with E-state index in [1.54, 1.807) is 6.20 Å². The Kier molecular flexibility index (Phi) is 9.22. The van der Waals surface area contributed by atoms with E-state index in [9.17, 15) is 0 Å². The number of aliphatic imine (C=N–C) groups is 1. The van der Waals surface area contributed by atoms with Gasteiger partial charge in [0, 0.05) is 52.2 Å². The van der Waals surface area contributed by atoms with Crippen LogP contribution in [0, 0.1) is 0 Å². The van der Waals surface area contributed by atoms with Crippen LogP contribution in [0.15, 0.2) is 41.7 Å². The number of halogens is 2. The molecule has 1 unspecified atom stereocenters. The Morgan fingerprint density at radius 3 is 2.86 bits per heavy atom. The minimum atomic E-state index is 0. The molecule has 1 fully saturated rings. The fraction of sp³-hybridized carbons (Fsp3) is 0.450. The van der Waals surface area contributed by atoms with Gasteiger partial charge in [0.2, 0.25) is 0 Å². The van der Waals surface area contributed by atoms with Gasteiger partial charge < -0.3 is 20.4 Å². The molecule has 0 amide bonds. The molecule has 2 aromatic heterocycles. The van der Waals surface area contributed by atoms with Crippen LogP contribution in [0.2, 0.25) is 5.02 Å². The molecule has 2 N–H and O–H groups in total. The van der Waals surface area contributed by atoms with Gasteiger partial charge in [-0.2, -0.15) is 0 Å². The number of aromatic nitrogens is 2. The fourth-order valence-corrected chi connectivity index (χ4v) is 3.41. The molecule has 1 saturated heterocycles. The molecule has 29 heavy (non-hydrogen) atoms. The summed E-state index contributed by atoms with van der Waals surface area (Å²) in [4.78, 5) is 17.7. The highest BCUT2D eigenvalue weighted by atomic mass is 127. The molecule has 1 atom stereocenters. The zero-order valence-corrected chi connectivity index (χ0v) is 20.2. The highest BCUT2D eigenvalue weighted by Crippen LogP contribution is 2.25. The second-order valence-corrected chi connectivity index (χ2v) is 7.40. The largest absolute Gasteiger partial charge is 0.363 e. The van der Waals surface area contributed by atoms with Crippen molar-refractivity contribution in [2.45, 2.75) is 25.9 Å². The second-order valence-electron chi connectivity index (χ2n) is 7.00. The summed E-state index contributed by atoms with van der Waals surface area (Å²) in [7, 11) is 3.97. The predicted octanol–water partition coefficient (Wildman–Crippen LogP) is 3.15. The summed E-state index contributed by atoms with van der Waals surface area (Å²) < 4.78 is 0. The van der Waals surface area contributed by atoms with E-state index in [0.29, 0.717) is 17.6 Å². The Balaban J connectivity index is 0.00000300. The maximum atomic E-state index is 6.29. The highest BCUT2D eigenvalue weighted by molar-refractivity contribution is 14.0. The van der Waals surface area contributed by atoms with Crippen LogP contribution in [0.1, 0.15) is 18.9 Å². The van der Waals surface area contributed by atoms with E-state index in [2.05, 4.69) is 38.5 Å². The normalized spacial score (nSPS) is 16.3. The number of hydrogen-bond acceptors (Lipinski definition) is 5. The van der Waals surface area contributed by atoms with Crippen molar-refractivity contribution in [3.05, 3.63) is 47.2 Å². The van der Waals surface area contributed by atoms with E-state index in [1.165, 1.54) is 0 Å². The summed E-state index contributed by atoms with van der Waals surface area (Å²) in [6.07, 6.45) is 4.62. The van der Waals surface area contributed by atoms with Crippen LogP contribution in [0.5, 0.6) is 0 Å². The molecule has 9 heteroatoms. The lowest BCUT2D eigenvalue weighted by atomic mass is 10.2. The third-order valence-electron chi connectivity index (χ3n) is 4.60. The molecule has 2 aromatic rings. The van der Waals surface area contributed by atoms with Crippen molar-refractivity contribution in [1.82, 2.24) is 20.6 Å². The molecule has 0 radical (unpaired) electrons. The van der Waals surface area contributed by atoms with Gasteiger partial charge >= 0.3 is 0 Å². The Bertz CT molecular complexity index is 815. The Labute approximate surface area is 195 Å². The van der Waals surface area contributed by atoms with Crippen molar-refractivity contribution in [3.8, 4) is 0 Å². The van der Waals surface area contributed by atoms with Gasteiger partial charge in [-0.3, -0.25) is 0 Å². The monoisotopic (exact) mass is 529 g/mol. The summed E-state index contributed by atoms with van der Waals surface area (Å²) in [6.45, 7) is 5.25. The molecule has 0 bridgehead atoms. The van der Waals surface area contributed by atoms with Crippen LogP contribution >= 0.6 is 35.6 Å². The summed E-state index contributed by atoms with van der Waals surface area (Å²) >= 11 is 6.29. The number of rotatable bonds is 6. The minimum absolute atomic E-state index is 0. The number of nitrogens with zero attached hydrogens (tertiary/aromatic N) is 5. The molecule has 0 aromatic carbocycles. The maximum absolute atomic E-state index is 6.29. The van der Waals surface area contributed by atoms with Crippen LogP contribution in [0.25, 0.3) is 0 Å². The molecular weight excluding hydrogens is 501 g/mol. The van der Waals surface area contributed by atoms with E-state index >= 15 is 0 Å². The average Bonchev–Trinajstić information content (AvgIpc) is 3.15. The molecule has 0 spiro atoms. The Morgan fingerprint density at radius 2 is 2.14 bits per heavy atom. The van der Waals surface area contributed by atoms with Gasteiger partial charge in [0.25, 0.3) is 0 Å². The van der Waals surface area contributed by atoms with Crippen molar-refractivity contribution in [2.24, 2.45) is 4.99 Å². The van der Waals surface area contributed by atoms with E-state index in [4.69, 9.17) is 16.6 Å². The molecule has 3 heterocycles. The first kappa shape index (κ1) is 23.5. The lowest BCUT2D eigenvalue weighted by Gasteiger charge is -2.20. The van der Waals surface area contributed by atoms with E-state index < -0.39 is 0 Å². The summed E-state index contributed by atoms with van der Waals surface area (Å²) in [5.74, 6) is 2.61. The van der Waals surface area contributed by atoms with Crippen LogP contribution in [-0.4, -0.2) is 55.7 Å². The topological polar surface area (TPSA) is 68.7 Å². The number of hydrogen-bond donors (Lipinski definition) is 2. The van der Waals surface area contributed by atoms with Crippen molar-refractivity contribution >= 4 is 53.2 Å². The zero-order valence-electron chi connectivity index (χ0n) is 17.1.